The Morgan fingerprint density at radius 2 is 1.88 bits per heavy atom. The monoisotopic (exact) mass is 368 g/mol. The Bertz CT molecular complexity index is 570. The fraction of sp³-hybridized carbons (Fsp3) is 0.556. The van der Waals surface area contributed by atoms with Gasteiger partial charge in [-0.3, -0.25) is 4.79 Å². The van der Waals surface area contributed by atoms with Gasteiger partial charge in [-0.25, -0.2) is 4.79 Å². The van der Waals surface area contributed by atoms with Crippen molar-refractivity contribution in [3.05, 3.63) is 24.3 Å². The van der Waals surface area contributed by atoms with Crippen LogP contribution in [0.25, 0.3) is 0 Å². The van der Waals surface area contributed by atoms with E-state index in [2.05, 4.69) is 10.6 Å². The number of rotatable bonds is 8. The van der Waals surface area contributed by atoms with Crippen molar-refractivity contribution in [1.29, 1.82) is 0 Å². The second kappa shape index (κ2) is 10.2. The zero-order valence-corrected chi connectivity index (χ0v) is 16.4. The average Bonchev–Trinajstić information content (AvgIpc) is 2.46. The van der Waals surface area contributed by atoms with Gasteiger partial charge in [-0.2, -0.15) is 11.8 Å². The summed E-state index contributed by atoms with van der Waals surface area (Å²) in [5.41, 5.74) is 0.149. The number of carbonyl (C=O) groups excluding carboxylic acids is 2. The highest BCUT2D eigenvalue weighted by atomic mass is 32.2. The molecule has 2 N–H and O–H groups in total. The van der Waals surface area contributed by atoms with Crippen LogP contribution in [0.3, 0.4) is 0 Å². The van der Waals surface area contributed by atoms with E-state index < -0.39 is 11.7 Å². The fourth-order valence-electron chi connectivity index (χ4n) is 1.82. The molecule has 0 saturated carbocycles. The van der Waals surface area contributed by atoms with Crippen molar-refractivity contribution in [3.8, 4) is 5.75 Å². The minimum atomic E-state index is -0.511. The van der Waals surface area contributed by atoms with E-state index in [4.69, 9.17) is 9.47 Å². The summed E-state index contributed by atoms with van der Waals surface area (Å²) in [6, 6.07) is 7.35. The van der Waals surface area contributed by atoms with Crippen LogP contribution in [0.2, 0.25) is 0 Å². The van der Waals surface area contributed by atoms with Crippen molar-refractivity contribution in [3.63, 3.8) is 0 Å². The third-order valence-corrected chi connectivity index (χ3v) is 3.63. The highest BCUT2D eigenvalue weighted by Crippen LogP contribution is 2.24. The van der Waals surface area contributed by atoms with Crippen molar-refractivity contribution >= 4 is 29.4 Å². The molecular weight excluding hydrogens is 340 g/mol. The number of para-hydroxylation sites is 2. The van der Waals surface area contributed by atoms with Crippen LogP contribution in [-0.4, -0.2) is 41.8 Å². The first kappa shape index (κ1) is 21.2. The van der Waals surface area contributed by atoms with E-state index in [1.807, 2.05) is 58.9 Å². The Kier molecular flexibility index (Phi) is 8.61. The second-order valence-corrected chi connectivity index (χ2v) is 7.80. The summed E-state index contributed by atoms with van der Waals surface area (Å²) in [7, 11) is 0. The number of thioether (sulfide) groups is 1. The molecule has 0 aliphatic carbocycles. The van der Waals surface area contributed by atoms with E-state index >= 15 is 0 Å². The van der Waals surface area contributed by atoms with Gasteiger partial charge in [-0.15, -0.1) is 0 Å². The molecule has 0 aliphatic rings. The van der Waals surface area contributed by atoms with Gasteiger partial charge in [-0.05, 0) is 46.8 Å². The van der Waals surface area contributed by atoms with Crippen LogP contribution in [-0.2, 0) is 9.53 Å². The summed E-state index contributed by atoms with van der Waals surface area (Å²) in [6.45, 7) is 9.75. The predicted octanol–water partition coefficient (Wildman–Crippen LogP) is 3.67. The first-order valence-corrected chi connectivity index (χ1v) is 9.43. The Hall–Kier alpha value is -1.89. The summed E-state index contributed by atoms with van der Waals surface area (Å²) in [6.07, 6.45) is -0.413. The van der Waals surface area contributed by atoms with Gasteiger partial charge in [0, 0.05) is 12.3 Å². The molecule has 0 heterocycles. The van der Waals surface area contributed by atoms with Crippen LogP contribution >= 0.6 is 11.8 Å². The number of carbonyl (C=O) groups is 2. The van der Waals surface area contributed by atoms with Gasteiger partial charge in [0.2, 0.25) is 5.91 Å². The standard InChI is InChI=1S/C18H28N2O4S/c1-13(2)23-15-9-7-6-8-14(15)20-16(21)12-25-11-10-19-17(22)24-18(3,4)5/h6-9,13H,10-12H2,1-5H3,(H,19,22)(H,20,21). The molecule has 0 aromatic heterocycles. The maximum atomic E-state index is 12.0. The molecule has 0 saturated heterocycles. The first-order chi connectivity index (χ1) is 11.7. The Labute approximate surface area is 154 Å². The summed E-state index contributed by atoms with van der Waals surface area (Å²) in [5.74, 6) is 1.47. The molecule has 0 spiro atoms. The van der Waals surface area contributed by atoms with Gasteiger partial charge in [0.25, 0.3) is 0 Å². The summed E-state index contributed by atoms with van der Waals surface area (Å²) in [5, 5.41) is 5.51. The minimum Gasteiger partial charge on any atom is -0.489 e. The first-order valence-electron chi connectivity index (χ1n) is 8.27. The van der Waals surface area contributed by atoms with E-state index in [-0.39, 0.29) is 12.0 Å². The van der Waals surface area contributed by atoms with Gasteiger partial charge in [0.1, 0.15) is 11.4 Å². The van der Waals surface area contributed by atoms with Crippen molar-refractivity contribution in [1.82, 2.24) is 5.32 Å². The molecule has 1 aromatic carbocycles. The highest BCUT2D eigenvalue weighted by Gasteiger charge is 2.15. The SMILES string of the molecule is CC(C)Oc1ccccc1NC(=O)CSCCNC(=O)OC(C)(C)C. The van der Waals surface area contributed by atoms with Crippen molar-refractivity contribution in [2.24, 2.45) is 0 Å². The summed E-state index contributed by atoms with van der Waals surface area (Å²) >= 11 is 1.44. The lowest BCUT2D eigenvalue weighted by molar-refractivity contribution is -0.113. The van der Waals surface area contributed by atoms with Crippen LogP contribution in [0.15, 0.2) is 24.3 Å². The van der Waals surface area contributed by atoms with E-state index in [0.717, 1.165) is 0 Å². The number of benzene rings is 1. The molecule has 6 nitrogen and oxygen atoms in total. The fourth-order valence-corrected chi connectivity index (χ4v) is 2.47. The van der Waals surface area contributed by atoms with E-state index in [9.17, 15) is 9.59 Å². The molecule has 25 heavy (non-hydrogen) atoms. The second-order valence-electron chi connectivity index (χ2n) is 6.69. The minimum absolute atomic E-state index is 0.0337. The Morgan fingerprint density at radius 3 is 2.52 bits per heavy atom. The summed E-state index contributed by atoms with van der Waals surface area (Å²) < 4.78 is 10.8. The maximum absolute atomic E-state index is 12.0. The molecule has 2 amide bonds. The number of hydrogen-bond acceptors (Lipinski definition) is 5. The Morgan fingerprint density at radius 1 is 1.20 bits per heavy atom. The molecule has 0 atom stereocenters. The molecule has 0 fully saturated rings. The third-order valence-electron chi connectivity index (χ3n) is 2.67. The lowest BCUT2D eigenvalue weighted by Crippen LogP contribution is -2.33. The number of ether oxygens (including phenoxy) is 2. The third kappa shape index (κ3) is 9.86. The average molecular weight is 368 g/mol. The van der Waals surface area contributed by atoms with Crippen molar-refractivity contribution in [2.75, 3.05) is 23.4 Å². The number of alkyl carbamates (subject to hydrolysis) is 1. The molecule has 140 valence electrons. The maximum Gasteiger partial charge on any atom is 0.407 e. The lowest BCUT2D eigenvalue weighted by Gasteiger charge is -2.19. The summed E-state index contributed by atoms with van der Waals surface area (Å²) in [4.78, 5) is 23.5. The Balaban J connectivity index is 2.29. The van der Waals surface area contributed by atoms with Crippen LogP contribution in [0, 0.1) is 0 Å². The lowest BCUT2D eigenvalue weighted by atomic mass is 10.2. The smallest absolute Gasteiger partial charge is 0.407 e. The molecule has 1 aromatic rings. The zero-order valence-electron chi connectivity index (χ0n) is 15.5. The van der Waals surface area contributed by atoms with Crippen molar-refractivity contribution in [2.45, 2.75) is 46.3 Å². The van der Waals surface area contributed by atoms with E-state index in [1.165, 1.54) is 11.8 Å². The molecule has 7 heteroatoms. The van der Waals surface area contributed by atoms with Gasteiger partial charge >= 0.3 is 6.09 Å². The molecule has 0 bridgehead atoms. The normalized spacial score (nSPS) is 11.1. The zero-order chi connectivity index (χ0) is 18.9. The van der Waals surface area contributed by atoms with Gasteiger partial charge in [0.15, 0.2) is 0 Å². The van der Waals surface area contributed by atoms with E-state index in [1.54, 1.807) is 0 Å². The molecule has 0 radical (unpaired) electrons. The highest BCUT2D eigenvalue weighted by molar-refractivity contribution is 7.99. The van der Waals surface area contributed by atoms with Gasteiger partial charge < -0.3 is 20.1 Å². The number of amides is 2. The number of nitrogens with one attached hydrogen (secondary N) is 2. The number of hydrogen-bond donors (Lipinski definition) is 2. The largest absolute Gasteiger partial charge is 0.489 e. The van der Waals surface area contributed by atoms with Gasteiger partial charge in [-0.1, -0.05) is 12.1 Å². The number of anilines is 1. The molecule has 0 aliphatic heterocycles. The van der Waals surface area contributed by atoms with E-state index in [0.29, 0.717) is 29.5 Å². The molecule has 0 unspecified atom stereocenters. The van der Waals surface area contributed by atoms with Crippen LogP contribution < -0.4 is 15.4 Å². The van der Waals surface area contributed by atoms with Crippen LogP contribution in [0.4, 0.5) is 10.5 Å². The molecular formula is C18H28N2O4S. The quantitative estimate of drug-likeness (QED) is 0.685. The van der Waals surface area contributed by atoms with Crippen molar-refractivity contribution < 1.29 is 19.1 Å². The topological polar surface area (TPSA) is 76.7 Å². The van der Waals surface area contributed by atoms with Gasteiger partial charge in [0.05, 0.1) is 17.5 Å². The van der Waals surface area contributed by atoms with Crippen LogP contribution in [0.1, 0.15) is 34.6 Å². The molecule has 1 rings (SSSR count). The van der Waals surface area contributed by atoms with Crippen LogP contribution in [0.5, 0.6) is 5.75 Å². The predicted molar refractivity (Wildman–Crippen MR) is 102 cm³/mol.